The first-order valence-corrected chi connectivity index (χ1v) is 9.37. The quantitative estimate of drug-likeness (QED) is 0.512. The van der Waals surface area contributed by atoms with Gasteiger partial charge in [-0.1, -0.05) is 54.6 Å². The number of amides is 1. The Bertz CT molecular complexity index is 1010. The summed E-state index contributed by atoms with van der Waals surface area (Å²) >= 11 is 0. The van der Waals surface area contributed by atoms with E-state index in [1.54, 1.807) is 30.5 Å². The van der Waals surface area contributed by atoms with Crippen molar-refractivity contribution in [2.45, 2.75) is 36.3 Å². The third kappa shape index (κ3) is 2.64. The minimum Gasteiger partial charge on any atom is -0.440 e. The monoisotopic (exact) mass is 378 g/mol. The van der Waals surface area contributed by atoms with Gasteiger partial charge < -0.3 is 4.42 Å². The van der Waals surface area contributed by atoms with E-state index in [0.717, 1.165) is 29.9 Å². The smallest absolute Gasteiger partial charge is 0.282 e. The molecular weight excluding hydrogens is 359 g/mol. The maximum absolute atomic E-state index is 15.5. The van der Waals surface area contributed by atoms with E-state index in [1.807, 2.05) is 30.3 Å². The van der Waals surface area contributed by atoms with Crippen LogP contribution >= 0.6 is 0 Å². The molecule has 0 spiro atoms. The Labute approximate surface area is 161 Å². The Balaban J connectivity index is 1.44. The van der Waals surface area contributed by atoms with E-state index in [-0.39, 0.29) is 0 Å². The lowest BCUT2D eigenvalue weighted by Crippen LogP contribution is -2.33. The number of hydrogen-bond donors (Lipinski definition) is 2. The maximum Gasteiger partial charge on any atom is 0.282 e. The Morgan fingerprint density at radius 1 is 1.07 bits per heavy atom. The molecule has 2 aromatic carbocycles. The van der Waals surface area contributed by atoms with E-state index in [1.165, 1.54) is 5.48 Å². The summed E-state index contributed by atoms with van der Waals surface area (Å²) < 4.78 is 21.3. The molecule has 0 radical (unpaired) electrons. The lowest BCUT2D eigenvalue weighted by molar-refractivity contribution is -0.136. The summed E-state index contributed by atoms with van der Waals surface area (Å²) in [4.78, 5) is 16.4. The van der Waals surface area contributed by atoms with Crippen LogP contribution in [0.15, 0.2) is 65.2 Å². The molecule has 3 atom stereocenters. The normalized spacial score (nSPS) is 26.1. The molecule has 1 aromatic heterocycles. The standard InChI is InChI=1S/C22H19FN2O3/c23-22(21(26)25-27)18(14-4-2-1-3-5-14)19(22)15-8-6-13(7-9-15)17-12-24-20(28-17)16-10-11-16/h1-9,12,16,18-19,27H,10-11H2,(H,25,26). The number of benzene rings is 2. The van der Waals surface area contributed by atoms with Gasteiger partial charge in [-0.25, -0.2) is 14.9 Å². The molecule has 1 heterocycles. The van der Waals surface area contributed by atoms with Crippen molar-refractivity contribution < 1.29 is 18.8 Å². The molecule has 2 aliphatic rings. The summed E-state index contributed by atoms with van der Waals surface area (Å²) in [5.41, 5.74) is 1.59. The largest absolute Gasteiger partial charge is 0.440 e. The van der Waals surface area contributed by atoms with Gasteiger partial charge in [0.1, 0.15) is 0 Å². The van der Waals surface area contributed by atoms with Gasteiger partial charge in [0.2, 0.25) is 5.67 Å². The molecule has 2 N–H and O–H groups in total. The minimum absolute atomic E-state index is 0.440. The van der Waals surface area contributed by atoms with Crippen molar-refractivity contribution in [1.29, 1.82) is 0 Å². The van der Waals surface area contributed by atoms with Gasteiger partial charge >= 0.3 is 0 Å². The highest BCUT2D eigenvalue weighted by Gasteiger charge is 2.72. The third-order valence-corrected chi connectivity index (χ3v) is 5.74. The number of hydrogen-bond acceptors (Lipinski definition) is 4. The number of aromatic nitrogens is 1. The minimum atomic E-state index is -2.18. The van der Waals surface area contributed by atoms with Crippen LogP contribution in [0.1, 0.15) is 47.6 Å². The second-order valence-electron chi connectivity index (χ2n) is 7.53. The number of nitrogens with zero attached hydrogens (tertiary/aromatic N) is 1. The van der Waals surface area contributed by atoms with Crippen LogP contribution in [0.2, 0.25) is 0 Å². The van der Waals surface area contributed by atoms with Gasteiger partial charge in [-0.3, -0.25) is 10.0 Å². The Kier molecular flexibility index (Phi) is 3.84. The number of hydroxylamine groups is 1. The zero-order valence-corrected chi connectivity index (χ0v) is 15.0. The predicted octanol–water partition coefficient (Wildman–Crippen LogP) is 4.31. The molecule has 2 aliphatic carbocycles. The van der Waals surface area contributed by atoms with Crippen LogP contribution in [0.5, 0.6) is 0 Å². The van der Waals surface area contributed by atoms with E-state index in [0.29, 0.717) is 17.2 Å². The second-order valence-corrected chi connectivity index (χ2v) is 7.53. The summed E-state index contributed by atoms with van der Waals surface area (Å²) in [6.45, 7) is 0. The van der Waals surface area contributed by atoms with Gasteiger partial charge in [-0.2, -0.15) is 0 Å². The van der Waals surface area contributed by atoms with Crippen molar-refractivity contribution in [1.82, 2.24) is 10.5 Å². The summed E-state index contributed by atoms with van der Waals surface area (Å²) in [6.07, 6.45) is 3.95. The number of nitrogens with one attached hydrogen (secondary N) is 1. The van der Waals surface area contributed by atoms with Gasteiger partial charge in [-0.15, -0.1) is 0 Å². The molecule has 3 aromatic rings. The molecule has 1 amide bonds. The fraction of sp³-hybridized carbons (Fsp3) is 0.273. The number of carbonyl (C=O) groups excluding carboxylic acids is 1. The Hall–Kier alpha value is -2.99. The topological polar surface area (TPSA) is 75.4 Å². The lowest BCUT2D eigenvalue weighted by Gasteiger charge is -2.06. The predicted molar refractivity (Wildman–Crippen MR) is 99.6 cm³/mol. The third-order valence-electron chi connectivity index (χ3n) is 5.74. The molecular formula is C22H19FN2O3. The molecule has 5 nitrogen and oxygen atoms in total. The average Bonchev–Trinajstić information content (AvgIpc) is 3.64. The first-order valence-electron chi connectivity index (χ1n) is 9.37. The fourth-order valence-corrected chi connectivity index (χ4v) is 4.05. The zero-order valence-electron chi connectivity index (χ0n) is 15.0. The molecule has 5 rings (SSSR count). The highest BCUT2D eigenvalue weighted by molar-refractivity contribution is 5.92. The molecule has 0 saturated heterocycles. The number of oxazole rings is 1. The van der Waals surface area contributed by atoms with Crippen LogP contribution in [-0.4, -0.2) is 21.8 Å². The van der Waals surface area contributed by atoms with Crippen molar-refractivity contribution >= 4 is 5.91 Å². The van der Waals surface area contributed by atoms with Crippen LogP contribution in [0, 0.1) is 0 Å². The van der Waals surface area contributed by atoms with Crippen molar-refractivity contribution in [3.05, 3.63) is 77.8 Å². The molecule has 2 fully saturated rings. The van der Waals surface area contributed by atoms with E-state index in [9.17, 15) is 4.79 Å². The Morgan fingerprint density at radius 3 is 2.32 bits per heavy atom. The van der Waals surface area contributed by atoms with Gasteiger partial charge in [0, 0.05) is 23.3 Å². The molecule has 6 heteroatoms. The summed E-state index contributed by atoms with van der Waals surface area (Å²) in [6, 6.07) is 16.4. The molecule has 2 saturated carbocycles. The number of halogens is 1. The van der Waals surface area contributed by atoms with Gasteiger partial charge in [0.15, 0.2) is 11.7 Å². The van der Waals surface area contributed by atoms with Crippen LogP contribution in [0.25, 0.3) is 11.3 Å². The number of alkyl halides is 1. The molecule has 0 aliphatic heterocycles. The zero-order chi connectivity index (χ0) is 19.3. The summed E-state index contributed by atoms with van der Waals surface area (Å²) in [7, 11) is 0. The van der Waals surface area contributed by atoms with Crippen molar-refractivity contribution in [2.75, 3.05) is 0 Å². The average molecular weight is 378 g/mol. The van der Waals surface area contributed by atoms with Crippen molar-refractivity contribution in [3.8, 4) is 11.3 Å². The lowest BCUT2D eigenvalue weighted by atomic mass is 10.0. The van der Waals surface area contributed by atoms with Gasteiger partial charge in [0.25, 0.3) is 5.91 Å². The summed E-state index contributed by atoms with van der Waals surface area (Å²) in [5, 5.41) is 9.03. The number of rotatable bonds is 5. The van der Waals surface area contributed by atoms with Crippen LogP contribution in [-0.2, 0) is 4.79 Å². The van der Waals surface area contributed by atoms with E-state index in [2.05, 4.69) is 4.98 Å². The van der Waals surface area contributed by atoms with Crippen LogP contribution in [0.3, 0.4) is 0 Å². The van der Waals surface area contributed by atoms with Crippen LogP contribution in [0.4, 0.5) is 4.39 Å². The maximum atomic E-state index is 15.5. The highest BCUT2D eigenvalue weighted by Crippen LogP contribution is 2.66. The van der Waals surface area contributed by atoms with E-state index < -0.39 is 23.4 Å². The first-order chi connectivity index (χ1) is 13.6. The van der Waals surface area contributed by atoms with Gasteiger partial charge in [-0.05, 0) is 24.0 Å². The fourth-order valence-electron chi connectivity index (χ4n) is 4.05. The SMILES string of the molecule is O=C(NO)C1(F)C(c2ccccc2)C1c1ccc(-c2cnc(C3CC3)o2)cc1. The van der Waals surface area contributed by atoms with Crippen LogP contribution < -0.4 is 5.48 Å². The molecule has 3 unspecified atom stereocenters. The van der Waals surface area contributed by atoms with Crippen molar-refractivity contribution in [2.24, 2.45) is 0 Å². The Morgan fingerprint density at radius 2 is 1.71 bits per heavy atom. The van der Waals surface area contributed by atoms with Crippen molar-refractivity contribution in [3.63, 3.8) is 0 Å². The van der Waals surface area contributed by atoms with E-state index in [4.69, 9.17) is 9.62 Å². The summed E-state index contributed by atoms with van der Waals surface area (Å²) in [5.74, 6) is -0.419. The van der Waals surface area contributed by atoms with Gasteiger partial charge in [0.05, 0.1) is 6.20 Å². The molecule has 0 bridgehead atoms. The number of carbonyl (C=O) groups is 1. The molecule has 28 heavy (non-hydrogen) atoms. The second kappa shape index (κ2) is 6.27. The highest BCUT2D eigenvalue weighted by atomic mass is 19.1. The van der Waals surface area contributed by atoms with E-state index >= 15 is 4.39 Å². The molecule has 142 valence electrons. The first kappa shape index (κ1) is 17.1.